The number of carbonyl (C=O) groups excluding carboxylic acids is 1. The number of fused-ring (bicyclic) bond motifs is 1. The van der Waals surface area contributed by atoms with E-state index in [9.17, 15) is 4.79 Å². The van der Waals surface area contributed by atoms with Crippen LogP contribution in [0.2, 0.25) is 0 Å². The molecule has 0 aliphatic carbocycles. The van der Waals surface area contributed by atoms with Gasteiger partial charge in [-0.15, -0.1) is 0 Å². The summed E-state index contributed by atoms with van der Waals surface area (Å²) < 4.78 is 16.1. The first-order valence-electron chi connectivity index (χ1n) is 11.7. The maximum atomic E-state index is 13.0. The van der Waals surface area contributed by atoms with Gasteiger partial charge in [0.25, 0.3) is 5.91 Å². The molecule has 180 valence electrons. The second-order valence-electron chi connectivity index (χ2n) is 9.02. The standard InChI is InChI=1S/C27H33N3O3S/c1-7-28-27(31)25-24(18-8-9-19-15-30(4)11-10-17(19)12-18)26(34-29-25)21-13-20(16(2)3)22(32-5)14-23(21)33-6/h8-9,12-14,16H,7,10-11,15H2,1-6H3,(H,28,31). The fourth-order valence-corrected chi connectivity index (χ4v) is 5.46. The van der Waals surface area contributed by atoms with Gasteiger partial charge in [0.15, 0.2) is 0 Å². The van der Waals surface area contributed by atoms with Gasteiger partial charge >= 0.3 is 0 Å². The van der Waals surface area contributed by atoms with Crippen molar-refractivity contribution >= 4 is 17.4 Å². The zero-order valence-electron chi connectivity index (χ0n) is 20.8. The number of ether oxygens (including phenoxy) is 2. The van der Waals surface area contributed by atoms with E-state index < -0.39 is 0 Å². The molecule has 0 bridgehead atoms. The summed E-state index contributed by atoms with van der Waals surface area (Å²) in [6, 6.07) is 10.6. The molecule has 0 atom stereocenters. The van der Waals surface area contributed by atoms with Gasteiger partial charge in [-0.25, -0.2) is 0 Å². The molecule has 0 unspecified atom stereocenters. The summed E-state index contributed by atoms with van der Waals surface area (Å²) in [7, 11) is 5.48. The summed E-state index contributed by atoms with van der Waals surface area (Å²) in [5, 5.41) is 2.93. The third-order valence-corrected chi connectivity index (χ3v) is 7.24. The van der Waals surface area contributed by atoms with Crippen LogP contribution in [0.5, 0.6) is 11.5 Å². The Morgan fingerprint density at radius 2 is 1.91 bits per heavy atom. The van der Waals surface area contributed by atoms with Crippen molar-refractivity contribution in [3.8, 4) is 33.1 Å². The Bertz CT molecular complexity index is 1200. The molecule has 0 fully saturated rings. The molecule has 1 aromatic heterocycles. The number of hydrogen-bond acceptors (Lipinski definition) is 6. The average Bonchev–Trinajstić information content (AvgIpc) is 3.28. The number of hydrogen-bond donors (Lipinski definition) is 1. The van der Waals surface area contributed by atoms with Crippen LogP contribution in [-0.2, 0) is 13.0 Å². The molecule has 1 aliphatic heterocycles. The van der Waals surface area contributed by atoms with E-state index in [-0.39, 0.29) is 11.8 Å². The predicted molar refractivity (Wildman–Crippen MR) is 138 cm³/mol. The van der Waals surface area contributed by atoms with E-state index in [1.807, 2.05) is 13.0 Å². The van der Waals surface area contributed by atoms with Gasteiger partial charge in [0.1, 0.15) is 17.2 Å². The quantitative estimate of drug-likeness (QED) is 0.495. The number of benzene rings is 2. The summed E-state index contributed by atoms with van der Waals surface area (Å²) in [6.07, 6.45) is 0.992. The first-order chi connectivity index (χ1) is 16.4. The molecule has 0 saturated carbocycles. The minimum Gasteiger partial charge on any atom is -0.496 e. The smallest absolute Gasteiger partial charge is 0.271 e. The lowest BCUT2D eigenvalue weighted by molar-refractivity contribution is 0.0952. The molecule has 3 aromatic rings. The van der Waals surface area contributed by atoms with Crippen LogP contribution in [0.3, 0.4) is 0 Å². The van der Waals surface area contributed by atoms with Gasteiger partial charge in [0.05, 0.1) is 19.1 Å². The van der Waals surface area contributed by atoms with Crippen molar-refractivity contribution in [2.45, 2.75) is 39.7 Å². The Morgan fingerprint density at radius 3 is 2.59 bits per heavy atom. The van der Waals surface area contributed by atoms with Crippen molar-refractivity contribution in [2.75, 3.05) is 34.4 Å². The van der Waals surface area contributed by atoms with E-state index in [4.69, 9.17) is 9.47 Å². The van der Waals surface area contributed by atoms with Crippen LogP contribution in [0.15, 0.2) is 30.3 Å². The Kier molecular flexibility index (Phi) is 7.24. The number of nitrogens with zero attached hydrogens (tertiary/aromatic N) is 2. The fraction of sp³-hybridized carbons (Fsp3) is 0.407. The second kappa shape index (κ2) is 10.2. The lowest BCUT2D eigenvalue weighted by Gasteiger charge is -2.25. The van der Waals surface area contributed by atoms with Crippen molar-refractivity contribution in [3.63, 3.8) is 0 Å². The van der Waals surface area contributed by atoms with Crippen molar-refractivity contribution < 1.29 is 14.3 Å². The number of nitrogens with one attached hydrogen (secondary N) is 1. The van der Waals surface area contributed by atoms with Gasteiger partial charge < -0.3 is 19.7 Å². The maximum Gasteiger partial charge on any atom is 0.271 e. The van der Waals surface area contributed by atoms with Gasteiger partial charge in [-0.05, 0) is 66.2 Å². The van der Waals surface area contributed by atoms with Gasteiger partial charge in [-0.1, -0.05) is 32.0 Å². The zero-order valence-corrected chi connectivity index (χ0v) is 21.6. The minimum atomic E-state index is -0.158. The number of rotatable bonds is 7. The van der Waals surface area contributed by atoms with Gasteiger partial charge in [-0.3, -0.25) is 4.79 Å². The van der Waals surface area contributed by atoms with E-state index >= 15 is 0 Å². The molecule has 0 spiro atoms. The van der Waals surface area contributed by atoms with E-state index in [0.717, 1.165) is 52.4 Å². The number of aromatic nitrogens is 1. The molecule has 1 N–H and O–H groups in total. The zero-order chi connectivity index (χ0) is 24.4. The SMILES string of the molecule is CCNC(=O)c1nsc(-c2cc(C(C)C)c(OC)cc2OC)c1-c1ccc2c(c1)CCN(C)C2. The van der Waals surface area contributed by atoms with Gasteiger partial charge in [-0.2, -0.15) is 4.37 Å². The van der Waals surface area contributed by atoms with Crippen LogP contribution < -0.4 is 14.8 Å². The van der Waals surface area contributed by atoms with Crippen LogP contribution in [0, 0.1) is 0 Å². The first kappa shape index (κ1) is 24.2. The van der Waals surface area contributed by atoms with Crippen molar-refractivity contribution in [2.24, 2.45) is 0 Å². The summed E-state index contributed by atoms with van der Waals surface area (Å²) in [5.41, 5.74) is 7.01. The van der Waals surface area contributed by atoms with Crippen LogP contribution in [0.25, 0.3) is 21.6 Å². The van der Waals surface area contributed by atoms with Gasteiger partial charge in [0.2, 0.25) is 0 Å². The maximum absolute atomic E-state index is 13.0. The topological polar surface area (TPSA) is 63.7 Å². The largest absolute Gasteiger partial charge is 0.496 e. The molecule has 2 heterocycles. The van der Waals surface area contributed by atoms with E-state index in [1.54, 1.807) is 14.2 Å². The van der Waals surface area contributed by atoms with Crippen LogP contribution in [0.1, 0.15) is 53.9 Å². The van der Waals surface area contributed by atoms with Crippen LogP contribution in [0.4, 0.5) is 0 Å². The molecular weight excluding hydrogens is 446 g/mol. The lowest BCUT2D eigenvalue weighted by atomic mass is 9.91. The summed E-state index contributed by atoms with van der Waals surface area (Å²) >= 11 is 1.34. The summed E-state index contributed by atoms with van der Waals surface area (Å²) in [6.45, 7) is 8.72. The van der Waals surface area contributed by atoms with Crippen LogP contribution >= 0.6 is 11.5 Å². The molecular formula is C27H33N3O3S. The highest BCUT2D eigenvalue weighted by molar-refractivity contribution is 7.10. The van der Waals surface area contributed by atoms with Gasteiger partial charge in [0, 0.05) is 36.8 Å². The van der Waals surface area contributed by atoms with E-state index in [1.165, 1.54) is 22.7 Å². The molecule has 0 radical (unpaired) electrons. The Balaban J connectivity index is 1.94. The van der Waals surface area contributed by atoms with Crippen LogP contribution in [-0.4, -0.2) is 49.5 Å². The highest BCUT2D eigenvalue weighted by atomic mass is 32.1. The van der Waals surface area contributed by atoms with Crippen molar-refractivity contribution in [1.82, 2.24) is 14.6 Å². The molecule has 1 amide bonds. The Labute approximate surface area is 206 Å². The van der Waals surface area contributed by atoms with Crippen molar-refractivity contribution in [1.29, 1.82) is 0 Å². The molecule has 0 saturated heterocycles. The average molecular weight is 480 g/mol. The minimum absolute atomic E-state index is 0.158. The summed E-state index contributed by atoms with van der Waals surface area (Å²) in [4.78, 5) is 16.3. The molecule has 1 aliphatic rings. The number of amides is 1. The number of likely N-dealkylation sites (N-methyl/N-ethyl adjacent to an activating group) is 1. The Hall–Kier alpha value is -2.90. The molecule has 34 heavy (non-hydrogen) atoms. The third-order valence-electron chi connectivity index (χ3n) is 6.36. The predicted octanol–water partition coefficient (Wildman–Crippen LogP) is 5.36. The van der Waals surface area contributed by atoms with E-state index in [0.29, 0.717) is 18.0 Å². The number of carbonyl (C=O) groups is 1. The normalized spacial score (nSPS) is 13.6. The monoisotopic (exact) mass is 479 g/mol. The van der Waals surface area contributed by atoms with Crippen molar-refractivity contribution in [3.05, 3.63) is 52.7 Å². The van der Waals surface area contributed by atoms with E-state index in [2.05, 4.69) is 59.8 Å². The lowest BCUT2D eigenvalue weighted by Crippen LogP contribution is -2.26. The fourth-order valence-electron chi connectivity index (χ4n) is 4.54. The Morgan fingerprint density at radius 1 is 1.15 bits per heavy atom. The molecule has 4 rings (SSSR count). The second-order valence-corrected chi connectivity index (χ2v) is 9.79. The molecule has 7 heteroatoms. The first-order valence-corrected chi connectivity index (χ1v) is 12.5. The number of methoxy groups -OCH3 is 2. The highest BCUT2D eigenvalue weighted by Gasteiger charge is 2.26. The summed E-state index contributed by atoms with van der Waals surface area (Å²) in [5.74, 6) is 1.60. The molecule has 2 aromatic carbocycles. The highest BCUT2D eigenvalue weighted by Crippen LogP contribution is 2.46. The third kappa shape index (κ3) is 4.55. The molecule has 6 nitrogen and oxygen atoms in total.